The smallest absolute Gasteiger partial charge is 0.246 e. The first-order valence-corrected chi connectivity index (χ1v) is 10.0. The van der Waals surface area contributed by atoms with Gasteiger partial charge in [0.05, 0.1) is 33.2 Å². The van der Waals surface area contributed by atoms with Crippen LogP contribution in [0.5, 0.6) is 17.2 Å². The maximum Gasteiger partial charge on any atom is 0.246 e. The zero-order valence-electron chi connectivity index (χ0n) is 19.1. The highest BCUT2D eigenvalue weighted by atomic mass is 127. The number of methoxy groups -OCH3 is 3. The van der Waals surface area contributed by atoms with Crippen molar-refractivity contribution in [3.8, 4) is 17.2 Å². The Labute approximate surface area is 205 Å². The standard InChI is InChI=1S/C21H30N6O4.HI/c1-22-21(26-8-9-27(20(28)14-26)15-12-24-25(2)13-15)23-7-6-17-18(30-4)10-16(29-3)11-19(17)31-5;/h10-13H,6-9,14H2,1-5H3,(H,22,23);1H. The number of ether oxygens (including phenoxy) is 3. The van der Waals surface area contributed by atoms with E-state index in [2.05, 4.69) is 15.4 Å². The van der Waals surface area contributed by atoms with Crippen LogP contribution in [0.1, 0.15) is 5.56 Å². The Morgan fingerprint density at radius 1 is 1.16 bits per heavy atom. The number of guanidine groups is 1. The first-order chi connectivity index (χ1) is 15.0. The molecule has 1 aliphatic rings. The van der Waals surface area contributed by atoms with Gasteiger partial charge in [-0.3, -0.25) is 14.5 Å². The molecule has 1 fully saturated rings. The largest absolute Gasteiger partial charge is 0.496 e. The fourth-order valence-electron chi connectivity index (χ4n) is 3.63. The summed E-state index contributed by atoms with van der Waals surface area (Å²) >= 11 is 0. The lowest BCUT2D eigenvalue weighted by Gasteiger charge is -2.35. The van der Waals surface area contributed by atoms with Crippen molar-refractivity contribution in [3.63, 3.8) is 0 Å². The van der Waals surface area contributed by atoms with Gasteiger partial charge in [-0.25, -0.2) is 0 Å². The molecule has 0 spiro atoms. The summed E-state index contributed by atoms with van der Waals surface area (Å²) in [5.41, 5.74) is 1.75. The van der Waals surface area contributed by atoms with E-state index >= 15 is 0 Å². The maximum atomic E-state index is 12.7. The molecule has 0 unspecified atom stereocenters. The lowest BCUT2D eigenvalue weighted by atomic mass is 10.1. The number of benzene rings is 1. The van der Waals surface area contributed by atoms with Crippen LogP contribution in [0, 0.1) is 0 Å². The monoisotopic (exact) mass is 558 g/mol. The highest BCUT2D eigenvalue weighted by Crippen LogP contribution is 2.34. The Kier molecular flexibility index (Phi) is 9.42. The fourth-order valence-corrected chi connectivity index (χ4v) is 3.63. The molecule has 2 aromatic rings. The third kappa shape index (κ3) is 5.75. The van der Waals surface area contributed by atoms with E-state index in [0.29, 0.717) is 49.3 Å². The number of hydrogen-bond donors (Lipinski definition) is 1. The van der Waals surface area contributed by atoms with E-state index < -0.39 is 0 Å². The summed E-state index contributed by atoms with van der Waals surface area (Å²) in [5, 5.41) is 7.49. The van der Waals surface area contributed by atoms with Gasteiger partial charge in [0.25, 0.3) is 0 Å². The molecule has 1 aromatic heterocycles. The topological polar surface area (TPSA) is 93.5 Å². The Bertz CT molecular complexity index is 923. The molecule has 1 amide bonds. The second kappa shape index (κ2) is 11.8. The third-order valence-corrected chi connectivity index (χ3v) is 5.21. The molecule has 0 radical (unpaired) electrons. The zero-order valence-corrected chi connectivity index (χ0v) is 21.5. The minimum absolute atomic E-state index is 0. The van der Waals surface area contributed by atoms with Crippen molar-refractivity contribution in [3.05, 3.63) is 30.1 Å². The van der Waals surface area contributed by atoms with Crippen LogP contribution in [0.4, 0.5) is 5.69 Å². The normalized spacial score (nSPS) is 14.2. The van der Waals surface area contributed by atoms with Gasteiger partial charge < -0.3 is 29.3 Å². The second-order valence-corrected chi connectivity index (χ2v) is 7.07. The van der Waals surface area contributed by atoms with Crippen LogP contribution >= 0.6 is 24.0 Å². The quantitative estimate of drug-likeness (QED) is 0.313. The molecule has 0 saturated carbocycles. The van der Waals surface area contributed by atoms with E-state index in [1.54, 1.807) is 44.2 Å². The van der Waals surface area contributed by atoms with Gasteiger partial charge in [-0.05, 0) is 6.42 Å². The first kappa shape index (κ1) is 25.6. The molecule has 3 rings (SSSR count). The molecule has 32 heavy (non-hydrogen) atoms. The number of hydrogen-bond acceptors (Lipinski definition) is 6. The van der Waals surface area contributed by atoms with Crippen LogP contribution in [-0.4, -0.2) is 81.1 Å². The summed E-state index contributed by atoms with van der Waals surface area (Å²) in [4.78, 5) is 20.7. The van der Waals surface area contributed by atoms with Crippen LogP contribution in [0.25, 0.3) is 0 Å². The maximum absolute atomic E-state index is 12.7. The van der Waals surface area contributed by atoms with Gasteiger partial charge in [0, 0.05) is 57.6 Å². The molecule has 1 N–H and O–H groups in total. The molecule has 0 bridgehead atoms. The summed E-state index contributed by atoms with van der Waals surface area (Å²) in [6.45, 7) is 2.10. The third-order valence-electron chi connectivity index (χ3n) is 5.21. The number of anilines is 1. The van der Waals surface area contributed by atoms with Crippen molar-refractivity contribution < 1.29 is 19.0 Å². The molecule has 0 atom stereocenters. The molecule has 1 aromatic carbocycles. The van der Waals surface area contributed by atoms with Gasteiger partial charge in [-0.2, -0.15) is 5.10 Å². The average molecular weight is 558 g/mol. The molecule has 176 valence electrons. The minimum Gasteiger partial charge on any atom is -0.496 e. The van der Waals surface area contributed by atoms with Crippen LogP contribution in [0.2, 0.25) is 0 Å². The number of nitrogens with zero attached hydrogens (tertiary/aromatic N) is 5. The first-order valence-electron chi connectivity index (χ1n) is 10.0. The molecule has 0 aliphatic carbocycles. The van der Waals surface area contributed by atoms with Crippen LogP contribution in [-0.2, 0) is 18.3 Å². The Hall–Kier alpha value is -2.70. The Morgan fingerprint density at radius 3 is 2.34 bits per heavy atom. The van der Waals surface area contributed by atoms with Crippen molar-refractivity contribution in [2.24, 2.45) is 12.0 Å². The highest BCUT2D eigenvalue weighted by molar-refractivity contribution is 14.0. The van der Waals surface area contributed by atoms with Gasteiger partial charge in [0.15, 0.2) is 5.96 Å². The number of piperazine rings is 1. The van der Waals surface area contributed by atoms with E-state index in [1.807, 2.05) is 30.3 Å². The van der Waals surface area contributed by atoms with E-state index in [0.717, 1.165) is 11.3 Å². The van der Waals surface area contributed by atoms with Crippen molar-refractivity contribution >= 4 is 41.5 Å². The van der Waals surface area contributed by atoms with Gasteiger partial charge in [-0.15, -0.1) is 24.0 Å². The van der Waals surface area contributed by atoms with E-state index in [9.17, 15) is 4.79 Å². The number of rotatable bonds is 7. The van der Waals surface area contributed by atoms with Crippen molar-refractivity contribution in [1.29, 1.82) is 0 Å². The summed E-state index contributed by atoms with van der Waals surface area (Å²) in [6, 6.07) is 3.67. The number of aliphatic imine (C=N–C) groups is 1. The van der Waals surface area contributed by atoms with Crippen molar-refractivity contribution in [2.75, 3.05) is 59.5 Å². The molecule has 1 aliphatic heterocycles. The predicted octanol–water partition coefficient (Wildman–Crippen LogP) is 1.53. The van der Waals surface area contributed by atoms with Gasteiger partial charge in [-0.1, -0.05) is 0 Å². The fraction of sp³-hybridized carbons (Fsp3) is 0.476. The van der Waals surface area contributed by atoms with Gasteiger partial charge in [0.2, 0.25) is 5.91 Å². The number of aryl methyl sites for hydroxylation is 1. The van der Waals surface area contributed by atoms with Crippen molar-refractivity contribution in [2.45, 2.75) is 6.42 Å². The number of carbonyl (C=O) groups is 1. The Morgan fingerprint density at radius 2 is 1.84 bits per heavy atom. The molecule has 1 saturated heterocycles. The number of amides is 1. The van der Waals surface area contributed by atoms with Crippen LogP contribution < -0.4 is 24.4 Å². The summed E-state index contributed by atoms with van der Waals surface area (Å²) in [7, 11) is 8.40. The van der Waals surface area contributed by atoms with Crippen LogP contribution in [0.15, 0.2) is 29.5 Å². The van der Waals surface area contributed by atoms with E-state index in [4.69, 9.17) is 14.2 Å². The lowest BCUT2D eigenvalue weighted by Crippen LogP contribution is -2.55. The SMILES string of the molecule is CN=C(NCCc1c(OC)cc(OC)cc1OC)N1CCN(c2cnn(C)c2)C(=O)C1.I. The highest BCUT2D eigenvalue weighted by Gasteiger charge is 2.27. The van der Waals surface area contributed by atoms with Crippen molar-refractivity contribution in [1.82, 2.24) is 20.0 Å². The van der Waals surface area contributed by atoms with Crippen LogP contribution in [0.3, 0.4) is 0 Å². The molecular weight excluding hydrogens is 527 g/mol. The number of halogens is 1. The second-order valence-electron chi connectivity index (χ2n) is 7.07. The molecular formula is C21H31IN6O4. The predicted molar refractivity (Wildman–Crippen MR) is 134 cm³/mol. The molecule has 2 heterocycles. The van der Waals surface area contributed by atoms with Gasteiger partial charge in [0.1, 0.15) is 23.8 Å². The summed E-state index contributed by atoms with van der Waals surface area (Å²) in [5.74, 6) is 2.78. The van der Waals surface area contributed by atoms with E-state index in [-0.39, 0.29) is 36.4 Å². The number of carbonyl (C=O) groups excluding carboxylic acids is 1. The molecule has 10 nitrogen and oxygen atoms in total. The van der Waals surface area contributed by atoms with Gasteiger partial charge >= 0.3 is 0 Å². The lowest BCUT2D eigenvalue weighted by molar-refractivity contribution is -0.120. The summed E-state index contributed by atoms with van der Waals surface area (Å²) < 4.78 is 18.0. The summed E-state index contributed by atoms with van der Waals surface area (Å²) in [6.07, 6.45) is 4.20. The van der Waals surface area contributed by atoms with E-state index in [1.165, 1.54) is 0 Å². The minimum atomic E-state index is 0. The number of aromatic nitrogens is 2. The molecule has 11 heteroatoms. The number of nitrogens with one attached hydrogen (secondary N) is 1. The zero-order chi connectivity index (χ0) is 22.4. The average Bonchev–Trinajstić information content (AvgIpc) is 3.22. The Balaban J connectivity index is 0.00000363.